The summed E-state index contributed by atoms with van der Waals surface area (Å²) < 4.78 is 26.0. The van der Waals surface area contributed by atoms with Crippen LogP contribution in [-0.4, -0.2) is 30.5 Å². The summed E-state index contributed by atoms with van der Waals surface area (Å²) in [6.45, 7) is 3.04. The molecule has 18 heavy (non-hydrogen) atoms. The Morgan fingerprint density at radius 2 is 1.94 bits per heavy atom. The molecular formula is C13H22F2N2O. The van der Waals surface area contributed by atoms with E-state index >= 15 is 0 Å². The SMILES string of the molecule is CC1NCCCC1NC(=O)C1CCC(F)(F)CC1. The topological polar surface area (TPSA) is 41.1 Å². The smallest absolute Gasteiger partial charge is 0.248 e. The van der Waals surface area contributed by atoms with Gasteiger partial charge in [0.25, 0.3) is 0 Å². The van der Waals surface area contributed by atoms with Crippen LogP contribution < -0.4 is 10.6 Å². The molecule has 0 aromatic rings. The Balaban J connectivity index is 1.81. The van der Waals surface area contributed by atoms with Crippen molar-refractivity contribution >= 4 is 5.91 Å². The number of piperidine rings is 1. The van der Waals surface area contributed by atoms with E-state index < -0.39 is 5.92 Å². The van der Waals surface area contributed by atoms with Gasteiger partial charge in [-0.25, -0.2) is 8.78 Å². The second-order valence-corrected chi connectivity index (χ2v) is 5.63. The zero-order valence-corrected chi connectivity index (χ0v) is 10.8. The van der Waals surface area contributed by atoms with Crippen molar-refractivity contribution in [2.45, 2.75) is 63.5 Å². The third kappa shape index (κ3) is 3.40. The summed E-state index contributed by atoms with van der Waals surface area (Å²) in [4.78, 5) is 12.0. The third-order valence-corrected chi connectivity index (χ3v) is 4.18. The highest BCUT2D eigenvalue weighted by molar-refractivity contribution is 5.79. The van der Waals surface area contributed by atoms with Gasteiger partial charge in [-0.15, -0.1) is 0 Å². The van der Waals surface area contributed by atoms with Crippen molar-refractivity contribution < 1.29 is 13.6 Å². The number of halogens is 2. The van der Waals surface area contributed by atoms with Gasteiger partial charge in [0.1, 0.15) is 0 Å². The van der Waals surface area contributed by atoms with Crippen molar-refractivity contribution in [3.8, 4) is 0 Å². The number of carbonyl (C=O) groups is 1. The molecule has 2 rings (SSSR count). The Morgan fingerprint density at radius 1 is 1.28 bits per heavy atom. The summed E-state index contributed by atoms with van der Waals surface area (Å²) in [5.41, 5.74) is 0. The summed E-state index contributed by atoms with van der Waals surface area (Å²) >= 11 is 0. The van der Waals surface area contributed by atoms with Gasteiger partial charge >= 0.3 is 0 Å². The van der Waals surface area contributed by atoms with Gasteiger partial charge in [-0.2, -0.15) is 0 Å². The third-order valence-electron chi connectivity index (χ3n) is 4.18. The second kappa shape index (κ2) is 5.51. The average Bonchev–Trinajstić information content (AvgIpc) is 2.32. The molecule has 0 spiro atoms. The van der Waals surface area contributed by atoms with E-state index in [1.54, 1.807) is 0 Å². The summed E-state index contributed by atoms with van der Waals surface area (Å²) in [5.74, 6) is -2.82. The fourth-order valence-electron chi connectivity index (χ4n) is 2.84. The molecule has 1 amide bonds. The Morgan fingerprint density at radius 3 is 2.56 bits per heavy atom. The number of carbonyl (C=O) groups excluding carboxylic acids is 1. The highest BCUT2D eigenvalue weighted by atomic mass is 19.3. The first-order valence-electron chi connectivity index (χ1n) is 6.89. The van der Waals surface area contributed by atoms with Gasteiger partial charge in [0, 0.05) is 30.8 Å². The summed E-state index contributed by atoms with van der Waals surface area (Å²) in [6, 6.07) is 0.418. The second-order valence-electron chi connectivity index (χ2n) is 5.63. The van der Waals surface area contributed by atoms with Crippen LogP contribution in [0.5, 0.6) is 0 Å². The highest BCUT2D eigenvalue weighted by Gasteiger charge is 2.38. The molecular weight excluding hydrogens is 238 g/mol. The lowest BCUT2D eigenvalue weighted by Gasteiger charge is -2.33. The largest absolute Gasteiger partial charge is 0.352 e. The van der Waals surface area contributed by atoms with E-state index in [2.05, 4.69) is 17.6 Å². The molecule has 1 aliphatic heterocycles. The van der Waals surface area contributed by atoms with E-state index in [0.717, 1.165) is 19.4 Å². The predicted molar refractivity (Wildman–Crippen MR) is 65.5 cm³/mol. The molecule has 2 aliphatic rings. The molecule has 0 aromatic heterocycles. The highest BCUT2D eigenvalue weighted by Crippen LogP contribution is 2.36. The van der Waals surface area contributed by atoms with E-state index in [-0.39, 0.29) is 36.8 Å². The lowest BCUT2D eigenvalue weighted by Crippen LogP contribution is -2.53. The first kappa shape index (κ1) is 13.7. The van der Waals surface area contributed by atoms with Crippen LogP contribution in [0.4, 0.5) is 8.78 Å². The molecule has 1 aliphatic carbocycles. The van der Waals surface area contributed by atoms with Gasteiger partial charge in [0.05, 0.1) is 0 Å². The van der Waals surface area contributed by atoms with Crippen molar-refractivity contribution in [3.05, 3.63) is 0 Å². The average molecular weight is 260 g/mol. The van der Waals surface area contributed by atoms with E-state index in [1.807, 2.05) is 0 Å². The molecule has 104 valence electrons. The standard InChI is InChI=1S/C13H22F2N2O/c1-9-11(3-2-8-16-9)17-12(18)10-4-6-13(14,15)7-5-10/h9-11,16H,2-8H2,1H3,(H,17,18). The van der Waals surface area contributed by atoms with Crippen molar-refractivity contribution in [1.82, 2.24) is 10.6 Å². The van der Waals surface area contributed by atoms with Crippen LogP contribution in [0.15, 0.2) is 0 Å². The first-order valence-corrected chi connectivity index (χ1v) is 6.89. The van der Waals surface area contributed by atoms with Gasteiger partial charge in [0.2, 0.25) is 11.8 Å². The van der Waals surface area contributed by atoms with E-state index in [1.165, 1.54) is 0 Å². The molecule has 2 N–H and O–H groups in total. The maximum Gasteiger partial charge on any atom is 0.248 e. The minimum Gasteiger partial charge on any atom is -0.352 e. The van der Waals surface area contributed by atoms with Crippen LogP contribution in [-0.2, 0) is 4.79 Å². The zero-order chi connectivity index (χ0) is 13.2. The van der Waals surface area contributed by atoms with Gasteiger partial charge in [-0.05, 0) is 39.2 Å². The number of amides is 1. The Labute approximate surface area is 107 Å². The summed E-state index contributed by atoms with van der Waals surface area (Å²) in [5, 5.41) is 6.34. The van der Waals surface area contributed by atoms with Crippen molar-refractivity contribution in [1.29, 1.82) is 0 Å². The Bertz CT molecular complexity index is 299. The van der Waals surface area contributed by atoms with Gasteiger partial charge < -0.3 is 10.6 Å². The number of alkyl halides is 2. The lowest BCUT2D eigenvalue weighted by molar-refractivity contribution is -0.130. The fourth-order valence-corrected chi connectivity index (χ4v) is 2.84. The molecule has 1 saturated carbocycles. The van der Waals surface area contributed by atoms with Crippen LogP contribution in [0.3, 0.4) is 0 Å². The Kier molecular flexibility index (Phi) is 4.20. The molecule has 1 saturated heterocycles. The fraction of sp³-hybridized carbons (Fsp3) is 0.923. The van der Waals surface area contributed by atoms with Crippen LogP contribution in [0.25, 0.3) is 0 Å². The van der Waals surface area contributed by atoms with Crippen molar-refractivity contribution in [2.24, 2.45) is 5.92 Å². The lowest BCUT2D eigenvalue weighted by atomic mass is 9.85. The molecule has 0 aromatic carbocycles. The number of hydrogen-bond donors (Lipinski definition) is 2. The number of rotatable bonds is 2. The molecule has 0 radical (unpaired) electrons. The van der Waals surface area contributed by atoms with Crippen LogP contribution in [0, 0.1) is 5.92 Å². The molecule has 2 fully saturated rings. The Hall–Kier alpha value is -0.710. The van der Waals surface area contributed by atoms with Crippen LogP contribution >= 0.6 is 0 Å². The minimum atomic E-state index is -2.56. The van der Waals surface area contributed by atoms with E-state index in [4.69, 9.17) is 0 Å². The quantitative estimate of drug-likeness (QED) is 0.798. The predicted octanol–water partition coefficient (Wildman–Crippen LogP) is 2.07. The monoisotopic (exact) mass is 260 g/mol. The van der Waals surface area contributed by atoms with Gasteiger partial charge in [0.15, 0.2) is 0 Å². The molecule has 2 atom stereocenters. The molecule has 1 heterocycles. The van der Waals surface area contributed by atoms with Gasteiger partial charge in [-0.3, -0.25) is 4.79 Å². The summed E-state index contributed by atoms with van der Waals surface area (Å²) in [6.07, 6.45) is 2.36. The maximum atomic E-state index is 13.0. The normalized spacial score (nSPS) is 33.1. The molecule has 3 nitrogen and oxygen atoms in total. The number of nitrogens with one attached hydrogen (secondary N) is 2. The maximum absolute atomic E-state index is 13.0. The zero-order valence-electron chi connectivity index (χ0n) is 10.8. The van der Waals surface area contributed by atoms with Crippen molar-refractivity contribution in [3.63, 3.8) is 0 Å². The first-order chi connectivity index (χ1) is 8.48. The summed E-state index contributed by atoms with van der Waals surface area (Å²) in [7, 11) is 0. The number of hydrogen-bond acceptors (Lipinski definition) is 2. The van der Waals surface area contributed by atoms with E-state index in [9.17, 15) is 13.6 Å². The molecule has 5 heteroatoms. The van der Waals surface area contributed by atoms with Crippen LogP contribution in [0.1, 0.15) is 45.4 Å². The van der Waals surface area contributed by atoms with Crippen molar-refractivity contribution in [2.75, 3.05) is 6.54 Å². The van der Waals surface area contributed by atoms with Crippen LogP contribution in [0.2, 0.25) is 0 Å². The minimum absolute atomic E-state index is 0.0361. The van der Waals surface area contributed by atoms with Gasteiger partial charge in [-0.1, -0.05) is 0 Å². The van der Waals surface area contributed by atoms with E-state index in [0.29, 0.717) is 12.8 Å². The molecule has 0 bridgehead atoms. The molecule has 2 unspecified atom stereocenters.